The molecule has 5 heteroatoms. The Morgan fingerprint density at radius 1 is 1.19 bits per heavy atom. The Kier molecular flexibility index (Phi) is 4.38. The Balaban J connectivity index is 1.92. The van der Waals surface area contributed by atoms with Crippen LogP contribution in [0.2, 0.25) is 0 Å². The Morgan fingerprint density at radius 2 is 1.95 bits per heavy atom. The fraction of sp³-hybridized carbons (Fsp3) is 0.500. The summed E-state index contributed by atoms with van der Waals surface area (Å²) in [6.07, 6.45) is 7.30. The zero-order valence-electron chi connectivity index (χ0n) is 12.1. The zero-order valence-corrected chi connectivity index (χ0v) is 12.1. The van der Waals surface area contributed by atoms with E-state index in [0.717, 1.165) is 6.29 Å². The first-order valence-electron chi connectivity index (χ1n) is 7.65. The van der Waals surface area contributed by atoms with E-state index < -0.39 is 0 Å². The van der Waals surface area contributed by atoms with Gasteiger partial charge < -0.3 is 4.79 Å². The summed E-state index contributed by atoms with van der Waals surface area (Å²) in [7, 11) is 0. The maximum Gasteiger partial charge on any atom is 0.181 e. The van der Waals surface area contributed by atoms with Crippen molar-refractivity contribution in [1.29, 1.82) is 0 Å². The van der Waals surface area contributed by atoms with Gasteiger partial charge in [-0.25, -0.2) is 0 Å². The average Bonchev–Trinajstić information content (AvgIpc) is 2.98. The lowest BCUT2D eigenvalue weighted by Crippen LogP contribution is -2.25. The Bertz CT molecular complexity index is 575. The molecule has 0 saturated heterocycles. The van der Waals surface area contributed by atoms with Crippen molar-refractivity contribution in [2.75, 3.05) is 0 Å². The summed E-state index contributed by atoms with van der Waals surface area (Å²) in [6, 6.07) is 10.5. The number of tetrazole rings is 1. The standard InChI is InChI=1S/C16H20N4O/c21-12-11-15-17-19-20(18-15)16(13-7-3-1-4-8-13)14-9-5-2-6-10-14/h1,3-4,7-8,12,14,16H,2,5-6,9-11H2. The highest BCUT2D eigenvalue weighted by Gasteiger charge is 2.28. The highest BCUT2D eigenvalue weighted by Crippen LogP contribution is 2.36. The summed E-state index contributed by atoms with van der Waals surface area (Å²) in [4.78, 5) is 12.3. The summed E-state index contributed by atoms with van der Waals surface area (Å²) in [5.74, 6) is 1.04. The molecule has 0 aliphatic heterocycles. The van der Waals surface area contributed by atoms with Crippen molar-refractivity contribution >= 4 is 6.29 Å². The number of hydrogen-bond acceptors (Lipinski definition) is 4. The van der Waals surface area contributed by atoms with Gasteiger partial charge in [0.05, 0.1) is 6.42 Å². The van der Waals surface area contributed by atoms with Crippen LogP contribution in [0.4, 0.5) is 0 Å². The minimum absolute atomic E-state index is 0.124. The number of aromatic nitrogens is 4. The lowest BCUT2D eigenvalue weighted by atomic mass is 9.81. The summed E-state index contributed by atoms with van der Waals surface area (Å²) >= 11 is 0. The molecule has 110 valence electrons. The molecule has 3 rings (SSSR count). The Hall–Kier alpha value is -2.04. The second kappa shape index (κ2) is 6.61. The Morgan fingerprint density at radius 3 is 2.67 bits per heavy atom. The molecular weight excluding hydrogens is 264 g/mol. The second-order valence-corrected chi connectivity index (χ2v) is 5.65. The van der Waals surface area contributed by atoms with Crippen molar-refractivity contribution < 1.29 is 4.79 Å². The van der Waals surface area contributed by atoms with Crippen LogP contribution >= 0.6 is 0 Å². The SMILES string of the molecule is O=CCc1nnn(C(c2ccccc2)C2CCCCC2)n1. The summed E-state index contributed by atoms with van der Waals surface area (Å²) < 4.78 is 0. The van der Waals surface area contributed by atoms with Crippen molar-refractivity contribution in [3.05, 3.63) is 41.7 Å². The highest BCUT2D eigenvalue weighted by atomic mass is 16.1. The van der Waals surface area contributed by atoms with E-state index in [1.807, 2.05) is 6.07 Å². The van der Waals surface area contributed by atoms with Crippen LogP contribution in [0.1, 0.15) is 49.5 Å². The third kappa shape index (κ3) is 3.17. The van der Waals surface area contributed by atoms with E-state index in [4.69, 9.17) is 0 Å². The first kappa shape index (κ1) is 13.9. The minimum Gasteiger partial charge on any atom is -0.303 e. The van der Waals surface area contributed by atoms with Gasteiger partial charge in [0.25, 0.3) is 0 Å². The number of aldehydes is 1. The third-order valence-corrected chi connectivity index (χ3v) is 4.22. The molecular formula is C16H20N4O. The monoisotopic (exact) mass is 284 g/mol. The van der Waals surface area contributed by atoms with Crippen LogP contribution in [0, 0.1) is 5.92 Å². The summed E-state index contributed by atoms with van der Waals surface area (Å²) in [6.45, 7) is 0. The first-order valence-corrected chi connectivity index (χ1v) is 7.65. The van der Waals surface area contributed by atoms with Gasteiger partial charge in [-0.05, 0) is 29.5 Å². The van der Waals surface area contributed by atoms with E-state index in [9.17, 15) is 4.79 Å². The number of carbonyl (C=O) groups is 1. The van der Waals surface area contributed by atoms with Gasteiger partial charge in [0, 0.05) is 0 Å². The number of nitrogens with zero attached hydrogens (tertiary/aromatic N) is 4. The van der Waals surface area contributed by atoms with Gasteiger partial charge in [0.2, 0.25) is 0 Å². The van der Waals surface area contributed by atoms with Crippen LogP contribution in [-0.2, 0) is 11.2 Å². The molecule has 0 N–H and O–H groups in total. The average molecular weight is 284 g/mol. The van der Waals surface area contributed by atoms with E-state index in [2.05, 4.69) is 39.7 Å². The van der Waals surface area contributed by atoms with Gasteiger partial charge in [0.15, 0.2) is 5.82 Å². The molecule has 0 radical (unpaired) electrons. The van der Waals surface area contributed by atoms with E-state index in [-0.39, 0.29) is 12.5 Å². The van der Waals surface area contributed by atoms with Crippen molar-refractivity contribution in [2.24, 2.45) is 5.92 Å². The number of rotatable bonds is 5. The van der Waals surface area contributed by atoms with E-state index >= 15 is 0 Å². The first-order chi connectivity index (χ1) is 10.4. The van der Waals surface area contributed by atoms with E-state index in [1.165, 1.54) is 37.7 Å². The molecule has 1 aromatic heterocycles. The second-order valence-electron chi connectivity index (χ2n) is 5.65. The molecule has 1 aromatic carbocycles. The molecule has 1 unspecified atom stereocenters. The van der Waals surface area contributed by atoms with Crippen LogP contribution in [0.3, 0.4) is 0 Å². The zero-order chi connectivity index (χ0) is 14.5. The Labute approximate surface area is 124 Å². The smallest absolute Gasteiger partial charge is 0.181 e. The molecule has 1 fully saturated rings. The fourth-order valence-electron chi connectivity index (χ4n) is 3.22. The molecule has 0 bridgehead atoms. The van der Waals surface area contributed by atoms with Gasteiger partial charge in [-0.15, -0.1) is 10.2 Å². The van der Waals surface area contributed by atoms with E-state index in [1.54, 1.807) is 4.80 Å². The van der Waals surface area contributed by atoms with Crippen LogP contribution in [-0.4, -0.2) is 26.5 Å². The lowest BCUT2D eigenvalue weighted by molar-refractivity contribution is -0.107. The topological polar surface area (TPSA) is 60.7 Å². The van der Waals surface area contributed by atoms with Crippen molar-refractivity contribution in [3.63, 3.8) is 0 Å². The molecule has 0 amide bonds. The van der Waals surface area contributed by atoms with Crippen molar-refractivity contribution in [1.82, 2.24) is 20.2 Å². The molecule has 1 aliphatic carbocycles. The third-order valence-electron chi connectivity index (χ3n) is 4.22. The molecule has 1 saturated carbocycles. The van der Waals surface area contributed by atoms with Gasteiger partial charge >= 0.3 is 0 Å². The van der Waals surface area contributed by atoms with Gasteiger partial charge in [-0.2, -0.15) is 4.80 Å². The lowest BCUT2D eigenvalue weighted by Gasteiger charge is -2.29. The predicted molar refractivity (Wildman–Crippen MR) is 78.7 cm³/mol. The number of carbonyl (C=O) groups excluding carboxylic acids is 1. The molecule has 1 heterocycles. The quantitative estimate of drug-likeness (QED) is 0.792. The van der Waals surface area contributed by atoms with Gasteiger partial charge in [-0.1, -0.05) is 49.6 Å². The van der Waals surface area contributed by atoms with Crippen molar-refractivity contribution in [2.45, 2.75) is 44.6 Å². The molecule has 1 aliphatic rings. The largest absolute Gasteiger partial charge is 0.303 e. The van der Waals surface area contributed by atoms with Crippen LogP contribution in [0.15, 0.2) is 30.3 Å². The van der Waals surface area contributed by atoms with Crippen LogP contribution in [0.5, 0.6) is 0 Å². The highest BCUT2D eigenvalue weighted by molar-refractivity contribution is 5.52. The molecule has 21 heavy (non-hydrogen) atoms. The normalized spacial score (nSPS) is 17.5. The van der Waals surface area contributed by atoms with Crippen LogP contribution in [0.25, 0.3) is 0 Å². The molecule has 2 aromatic rings. The summed E-state index contributed by atoms with van der Waals surface area (Å²) in [5, 5.41) is 12.6. The number of hydrogen-bond donors (Lipinski definition) is 0. The van der Waals surface area contributed by atoms with Gasteiger partial charge in [0.1, 0.15) is 12.3 Å². The minimum atomic E-state index is 0.124. The molecule has 0 spiro atoms. The summed E-state index contributed by atoms with van der Waals surface area (Å²) in [5.41, 5.74) is 1.22. The maximum absolute atomic E-state index is 10.6. The van der Waals surface area contributed by atoms with Crippen molar-refractivity contribution in [3.8, 4) is 0 Å². The predicted octanol–water partition coefficient (Wildman–Crippen LogP) is 2.58. The van der Waals surface area contributed by atoms with Gasteiger partial charge in [-0.3, -0.25) is 0 Å². The molecule has 5 nitrogen and oxygen atoms in total. The number of benzene rings is 1. The fourth-order valence-corrected chi connectivity index (χ4v) is 3.22. The van der Waals surface area contributed by atoms with Crippen LogP contribution < -0.4 is 0 Å². The van der Waals surface area contributed by atoms with E-state index in [0.29, 0.717) is 11.7 Å². The molecule has 1 atom stereocenters. The maximum atomic E-state index is 10.6.